The molecule has 0 spiro atoms. The normalized spacial score (nSPS) is 10.6. The maximum Gasteiger partial charge on any atom is 0.337 e. The molecule has 0 aliphatic carbocycles. The fourth-order valence-corrected chi connectivity index (χ4v) is 2.19. The van der Waals surface area contributed by atoms with Gasteiger partial charge in [0.25, 0.3) is 5.91 Å². The number of nitrogens with zero attached hydrogens (tertiary/aromatic N) is 4. The SMILES string of the molecule is Cc1cncn1-c1ccc(C(=O)Nc2cc(F)c(F)cc2C(=O)O)nn1. The van der Waals surface area contributed by atoms with Gasteiger partial charge in [-0.15, -0.1) is 10.2 Å². The van der Waals surface area contributed by atoms with Gasteiger partial charge in [-0.2, -0.15) is 0 Å². The number of hydrogen-bond donors (Lipinski definition) is 2. The quantitative estimate of drug-likeness (QED) is 0.739. The van der Waals surface area contributed by atoms with E-state index in [0.29, 0.717) is 18.0 Å². The van der Waals surface area contributed by atoms with Gasteiger partial charge in [-0.25, -0.2) is 18.6 Å². The van der Waals surface area contributed by atoms with Crippen LogP contribution in [0.2, 0.25) is 0 Å². The molecule has 132 valence electrons. The Hall–Kier alpha value is -3.69. The summed E-state index contributed by atoms with van der Waals surface area (Å²) in [6.45, 7) is 1.81. The largest absolute Gasteiger partial charge is 0.478 e. The van der Waals surface area contributed by atoms with Crippen molar-refractivity contribution in [3.8, 4) is 5.82 Å². The highest BCUT2D eigenvalue weighted by atomic mass is 19.2. The first-order chi connectivity index (χ1) is 12.4. The van der Waals surface area contributed by atoms with Crippen molar-refractivity contribution < 1.29 is 23.5 Å². The van der Waals surface area contributed by atoms with E-state index in [9.17, 15) is 18.4 Å². The molecule has 0 saturated carbocycles. The highest BCUT2D eigenvalue weighted by molar-refractivity contribution is 6.06. The Bertz CT molecular complexity index is 1000. The summed E-state index contributed by atoms with van der Waals surface area (Å²) in [7, 11) is 0. The Morgan fingerprint density at radius 1 is 1.15 bits per heavy atom. The molecule has 0 aliphatic heterocycles. The van der Waals surface area contributed by atoms with Gasteiger partial charge in [-0.1, -0.05) is 0 Å². The van der Waals surface area contributed by atoms with Crippen molar-refractivity contribution in [2.75, 3.05) is 5.32 Å². The van der Waals surface area contributed by atoms with E-state index >= 15 is 0 Å². The molecule has 2 aromatic heterocycles. The molecule has 26 heavy (non-hydrogen) atoms. The number of benzene rings is 1. The molecule has 0 saturated heterocycles. The smallest absolute Gasteiger partial charge is 0.337 e. The van der Waals surface area contributed by atoms with E-state index in [0.717, 1.165) is 5.69 Å². The van der Waals surface area contributed by atoms with E-state index in [4.69, 9.17) is 5.11 Å². The van der Waals surface area contributed by atoms with Crippen LogP contribution < -0.4 is 5.32 Å². The molecular formula is C16H11F2N5O3. The Labute approximate surface area is 145 Å². The first kappa shape index (κ1) is 17.1. The molecule has 0 atom stereocenters. The van der Waals surface area contributed by atoms with Gasteiger partial charge in [0, 0.05) is 18.0 Å². The number of hydrogen-bond acceptors (Lipinski definition) is 5. The summed E-state index contributed by atoms with van der Waals surface area (Å²) in [6, 6.07) is 3.95. The van der Waals surface area contributed by atoms with Crippen LogP contribution in [0, 0.1) is 18.6 Å². The number of carboxylic acids is 1. The second kappa shape index (κ2) is 6.67. The van der Waals surface area contributed by atoms with Crippen molar-refractivity contribution in [3.63, 3.8) is 0 Å². The number of rotatable bonds is 4. The first-order valence-electron chi connectivity index (χ1n) is 7.23. The number of aromatic carboxylic acids is 1. The number of halogens is 2. The van der Waals surface area contributed by atoms with Crippen molar-refractivity contribution in [2.24, 2.45) is 0 Å². The molecule has 0 radical (unpaired) electrons. The predicted molar refractivity (Wildman–Crippen MR) is 85.2 cm³/mol. The average molecular weight is 359 g/mol. The van der Waals surface area contributed by atoms with Crippen LogP contribution in [0.15, 0.2) is 36.8 Å². The van der Waals surface area contributed by atoms with Crippen molar-refractivity contribution in [1.82, 2.24) is 19.7 Å². The minimum atomic E-state index is -1.52. The van der Waals surface area contributed by atoms with Crippen molar-refractivity contribution >= 4 is 17.6 Å². The third kappa shape index (κ3) is 3.24. The van der Waals surface area contributed by atoms with E-state index < -0.39 is 34.8 Å². The zero-order valence-electron chi connectivity index (χ0n) is 13.3. The van der Waals surface area contributed by atoms with Crippen LogP contribution in [0.1, 0.15) is 26.5 Å². The van der Waals surface area contributed by atoms with Crippen molar-refractivity contribution in [1.29, 1.82) is 0 Å². The topological polar surface area (TPSA) is 110 Å². The number of nitrogens with one attached hydrogen (secondary N) is 1. The van der Waals surface area contributed by atoms with Gasteiger partial charge in [0.1, 0.15) is 6.33 Å². The van der Waals surface area contributed by atoms with Gasteiger partial charge in [-0.3, -0.25) is 9.36 Å². The fraction of sp³-hybridized carbons (Fsp3) is 0.0625. The van der Waals surface area contributed by atoms with Gasteiger partial charge in [-0.05, 0) is 25.1 Å². The van der Waals surface area contributed by atoms with Crippen LogP contribution in [0.4, 0.5) is 14.5 Å². The van der Waals surface area contributed by atoms with Crippen LogP contribution in [-0.2, 0) is 0 Å². The minimum absolute atomic E-state index is 0.132. The lowest BCUT2D eigenvalue weighted by molar-refractivity contribution is 0.0697. The van der Waals surface area contributed by atoms with Gasteiger partial charge in [0.15, 0.2) is 23.1 Å². The summed E-state index contributed by atoms with van der Waals surface area (Å²) in [4.78, 5) is 27.3. The van der Waals surface area contributed by atoms with E-state index in [2.05, 4.69) is 20.5 Å². The van der Waals surface area contributed by atoms with E-state index in [-0.39, 0.29) is 5.69 Å². The second-order valence-electron chi connectivity index (χ2n) is 5.25. The van der Waals surface area contributed by atoms with Crippen LogP contribution in [0.25, 0.3) is 5.82 Å². The molecule has 0 bridgehead atoms. The van der Waals surface area contributed by atoms with Crippen molar-refractivity contribution in [3.05, 3.63) is 65.4 Å². The van der Waals surface area contributed by atoms with E-state index in [1.54, 1.807) is 10.8 Å². The number of carboxylic acid groups (broad SMARTS) is 1. The average Bonchev–Trinajstić information content (AvgIpc) is 3.03. The summed E-state index contributed by atoms with van der Waals surface area (Å²) in [5.41, 5.74) is -0.300. The lowest BCUT2D eigenvalue weighted by Gasteiger charge is -2.09. The summed E-state index contributed by atoms with van der Waals surface area (Å²) in [6.07, 6.45) is 3.15. The minimum Gasteiger partial charge on any atom is -0.478 e. The molecular weight excluding hydrogens is 348 g/mol. The number of aryl methyl sites for hydroxylation is 1. The van der Waals surface area contributed by atoms with Crippen LogP contribution >= 0.6 is 0 Å². The van der Waals surface area contributed by atoms with Gasteiger partial charge >= 0.3 is 5.97 Å². The number of carbonyl (C=O) groups excluding carboxylic acids is 1. The summed E-state index contributed by atoms with van der Waals surface area (Å²) in [5, 5.41) is 18.9. The molecule has 3 aromatic rings. The third-order valence-corrected chi connectivity index (χ3v) is 3.49. The summed E-state index contributed by atoms with van der Waals surface area (Å²) >= 11 is 0. The number of aromatic nitrogens is 4. The molecule has 0 fully saturated rings. The number of imidazole rings is 1. The molecule has 8 nitrogen and oxygen atoms in total. The van der Waals surface area contributed by atoms with Crippen LogP contribution in [0.3, 0.4) is 0 Å². The Morgan fingerprint density at radius 3 is 2.46 bits per heavy atom. The number of carbonyl (C=O) groups is 2. The third-order valence-electron chi connectivity index (χ3n) is 3.49. The Balaban J connectivity index is 1.86. The second-order valence-corrected chi connectivity index (χ2v) is 5.25. The molecule has 2 N–H and O–H groups in total. The zero-order chi connectivity index (χ0) is 18.8. The lowest BCUT2D eigenvalue weighted by atomic mass is 10.1. The standard InChI is InChI=1S/C16H11F2N5O3/c1-8-6-19-7-23(8)14-3-2-12(21-22-14)15(24)20-13-5-11(18)10(17)4-9(13)16(25)26/h2-7H,1H3,(H,20,24)(H,25,26). The molecule has 0 unspecified atom stereocenters. The molecule has 2 heterocycles. The van der Waals surface area contributed by atoms with Crippen molar-refractivity contribution in [2.45, 2.75) is 6.92 Å². The Kier molecular flexibility index (Phi) is 4.40. The maximum absolute atomic E-state index is 13.4. The molecule has 10 heteroatoms. The highest BCUT2D eigenvalue weighted by Crippen LogP contribution is 2.21. The molecule has 1 amide bonds. The predicted octanol–water partition coefficient (Wildman–Crippen LogP) is 2.20. The fourth-order valence-electron chi connectivity index (χ4n) is 2.19. The molecule has 0 aliphatic rings. The monoisotopic (exact) mass is 359 g/mol. The number of anilines is 1. The number of amides is 1. The summed E-state index contributed by atoms with van der Waals surface area (Å²) < 4.78 is 28.2. The summed E-state index contributed by atoms with van der Waals surface area (Å²) in [5.74, 6) is -4.53. The maximum atomic E-state index is 13.4. The molecule has 3 rings (SSSR count). The van der Waals surface area contributed by atoms with E-state index in [1.807, 2.05) is 6.92 Å². The van der Waals surface area contributed by atoms with Gasteiger partial charge in [0.2, 0.25) is 0 Å². The van der Waals surface area contributed by atoms with Gasteiger partial charge in [0.05, 0.1) is 11.3 Å². The lowest BCUT2D eigenvalue weighted by Crippen LogP contribution is -2.17. The highest BCUT2D eigenvalue weighted by Gasteiger charge is 2.18. The molecule has 1 aromatic carbocycles. The Morgan fingerprint density at radius 2 is 1.88 bits per heavy atom. The van der Waals surface area contributed by atoms with Crippen LogP contribution in [-0.4, -0.2) is 36.7 Å². The zero-order valence-corrected chi connectivity index (χ0v) is 13.3. The van der Waals surface area contributed by atoms with Crippen LogP contribution in [0.5, 0.6) is 0 Å². The van der Waals surface area contributed by atoms with E-state index in [1.165, 1.54) is 18.5 Å². The van der Waals surface area contributed by atoms with Gasteiger partial charge < -0.3 is 10.4 Å². The first-order valence-corrected chi connectivity index (χ1v) is 7.23.